The zero-order valence-electron chi connectivity index (χ0n) is 46.5. The minimum Gasteiger partial charge on any atom is -0.442 e. The van der Waals surface area contributed by atoms with E-state index < -0.39 is 0 Å². The van der Waals surface area contributed by atoms with Gasteiger partial charge >= 0.3 is 0 Å². The fourth-order valence-electron chi connectivity index (χ4n) is 7.06. The molecule has 0 unspecified atom stereocenters. The second-order valence-electron chi connectivity index (χ2n) is 27.0. The van der Waals surface area contributed by atoms with E-state index in [0.717, 1.165) is 51.7 Å². The van der Waals surface area contributed by atoms with Crippen LogP contribution in [0.15, 0.2) is 80.6 Å². The molecule has 7 aromatic rings. The lowest BCUT2D eigenvalue weighted by atomic mass is 9.85. The van der Waals surface area contributed by atoms with E-state index in [2.05, 4.69) is 236 Å². The van der Waals surface area contributed by atoms with Crippen molar-refractivity contribution in [3.63, 3.8) is 0 Å². The molecule has 0 spiro atoms. The number of hydrogen-bond donors (Lipinski definition) is 0. The number of pyridine rings is 2. The predicted molar refractivity (Wildman–Crippen MR) is 293 cm³/mol. The van der Waals surface area contributed by atoms with Gasteiger partial charge in [0, 0.05) is 61.4 Å². The van der Waals surface area contributed by atoms with Crippen LogP contribution in [0, 0.1) is 5.41 Å². The Bertz CT molecular complexity index is 2610. The number of rotatable bonds is 0. The Morgan fingerprint density at radius 1 is 0.456 bits per heavy atom. The van der Waals surface area contributed by atoms with Gasteiger partial charge in [-0.25, -0.2) is 15.0 Å². The second kappa shape index (κ2) is 18.9. The fourth-order valence-corrected chi connectivity index (χ4v) is 8.06. The predicted octanol–water partition coefficient (Wildman–Crippen LogP) is 17.8. The lowest BCUT2D eigenvalue weighted by molar-refractivity contribution is 0.411. The van der Waals surface area contributed by atoms with Gasteiger partial charge in [-0.1, -0.05) is 184 Å². The smallest absolute Gasteiger partial charge is 0.226 e. The molecule has 1 aliphatic heterocycles. The highest BCUT2D eigenvalue weighted by Crippen LogP contribution is 2.37. The summed E-state index contributed by atoms with van der Waals surface area (Å²) in [6, 6.07) is 23.7. The highest BCUT2D eigenvalue weighted by atomic mass is 32.1. The molecular weight excluding hydrogens is 855 g/mol. The van der Waals surface area contributed by atoms with Crippen molar-refractivity contribution < 1.29 is 8.83 Å². The van der Waals surface area contributed by atoms with Crippen LogP contribution < -0.4 is 0 Å². The minimum absolute atomic E-state index is 0.0304. The van der Waals surface area contributed by atoms with Crippen molar-refractivity contribution in [2.24, 2.45) is 10.4 Å². The largest absolute Gasteiger partial charge is 0.442 e. The van der Waals surface area contributed by atoms with Gasteiger partial charge in [0.2, 0.25) is 11.6 Å². The van der Waals surface area contributed by atoms with E-state index in [4.69, 9.17) is 18.8 Å². The van der Waals surface area contributed by atoms with Gasteiger partial charge in [-0.15, -0.1) is 11.3 Å². The molecule has 0 N–H and O–H groups in total. The summed E-state index contributed by atoms with van der Waals surface area (Å²) >= 11 is 1.81. The summed E-state index contributed by atoms with van der Waals surface area (Å²) in [5, 5.41) is 2.31. The first-order chi connectivity index (χ1) is 30.7. The summed E-state index contributed by atoms with van der Waals surface area (Å²) in [4.78, 5) is 23.3. The molecule has 0 saturated heterocycles. The van der Waals surface area contributed by atoms with Crippen molar-refractivity contribution in [2.75, 3.05) is 0 Å². The number of nitrogens with zero attached hydrogens (tertiary/aromatic N) is 5. The average Bonchev–Trinajstić information content (AvgIpc) is 3.99. The maximum Gasteiger partial charge on any atom is 0.226 e. The molecule has 0 fully saturated rings. The van der Waals surface area contributed by atoms with Crippen molar-refractivity contribution in [3.8, 4) is 0 Å². The molecule has 5 aromatic heterocycles. The van der Waals surface area contributed by atoms with E-state index in [1.807, 2.05) is 23.5 Å². The van der Waals surface area contributed by atoms with Crippen molar-refractivity contribution in [1.82, 2.24) is 19.9 Å². The van der Waals surface area contributed by atoms with Crippen LogP contribution in [0.2, 0.25) is 0 Å². The van der Waals surface area contributed by atoms with E-state index in [-0.39, 0.29) is 43.3 Å². The van der Waals surface area contributed by atoms with Crippen molar-refractivity contribution >= 4 is 55.3 Å². The number of thiazole rings is 1. The first-order valence-electron chi connectivity index (χ1n) is 24.5. The Morgan fingerprint density at radius 3 is 1.54 bits per heavy atom. The summed E-state index contributed by atoms with van der Waals surface area (Å²) in [5.41, 5.74) is 12.8. The molecular formula is C60H85N5O2S. The lowest BCUT2D eigenvalue weighted by Gasteiger charge is -2.19. The van der Waals surface area contributed by atoms with Crippen LogP contribution >= 0.6 is 11.3 Å². The molecule has 68 heavy (non-hydrogen) atoms. The number of hydrogen-bond acceptors (Lipinski definition) is 8. The first kappa shape index (κ1) is 54.3. The third kappa shape index (κ3) is 13.8. The third-order valence-corrected chi connectivity index (χ3v) is 13.3. The summed E-state index contributed by atoms with van der Waals surface area (Å²) in [7, 11) is 0. The van der Waals surface area contributed by atoms with Gasteiger partial charge in [0.25, 0.3) is 0 Å². The molecule has 0 radical (unpaired) electrons. The van der Waals surface area contributed by atoms with E-state index >= 15 is 0 Å². The monoisotopic (exact) mass is 940 g/mol. The Morgan fingerprint density at radius 2 is 1.01 bits per heavy atom. The lowest BCUT2D eigenvalue weighted by Crippen LogP contribution is -2.19. The van der Waals surface area contributed by atoms with Gasteiger partial charge in [-0.3, -0.25) is 4.99 Å². The number of furan rings is 1. The van der Waals surface area contributed by atoms with Gasteiger partial charge in [0.15, 0.2) is 11.2 Å². The Balaban J connectivity index is 0.000000169. The first-order valence-corrected chi connectivity index (χ1v) is 25.4. The molecule has 0 aliphatic carbocycles. The SMILES string of the molecule is CC(C)(C)C1=Nc2cc(C(C)(C)C)ccc2C1.CC(C)(C)c1ccc2cc(C(C)(C)C)oc2n1.CC(C)(C)c1ccc2oc(C(C)(C)C)nc2n1.CC(C)(C)c1ccc2sc(C(C)(C)C)nc2c1. The average molecular weight is 940 g/mol. The molecule has 0 atom stereocenters. The van der Waals surface area contributed by atoms with Crippen LogP contribution in [-0.4, -0.2) is 25.6 Å². The molecule has 0 bridgehead atoms. The standard InChI is InChI=1S/C16H23N.C15H21NO.C15H21NS.C14H20N2O/c1-15(2,3)12-8-7-11-9-14(16(4,5)6)17-13(11)10-12;1-14(2,3)11-8-7-10-9-12(15(4,5)6)17-13(10)16-11;1-14(2,3)10-7-8-12-11(9-10)16-13(17-12)15(4,5)6;1-13(2,3)10-8-7-9-11(15-10)16-12(17-9)14(4,5)6/h7-8,10H,9H2,1-6H3;2*7-9H,1-6H3;7-8H,1-6H3. The Kier molecular flexibility index (Phi) is 15.1. The number of fused-ring (bicyclic) bond motifs is 4. The van der Waals surface area contributed by atoms with Gasteiger partial charge < -0.3 is 8.83 Å². The highest BCUT2D eigenvalue weighted by molar-refractivity contribution is 7.18. The zero-order valence-corrected chi connectivity index (χ0v) is 47.3. The van der Waals surface area contributed by atoms with E-state index in [0.29, 0.717) is 5.65 Å². The highest BCUT2D eigenvalue weighted by Gasteiger charge is 2.28. The number of aliphatic imine (C=N–C) groups is 1. The molecule has 1 aliphatic rings. The maximum absolute atomic E-state index is 5.86. The molecule has 0 saturated carbocycles. The van der Waals surface area contributed by atoms with E-state index in [1.54, 1.807) is 0 Å². The minimum atomic E-state index is -0.0808. The summed E-state index contributed by atoms with van der Waals surface area (Å²) in [6.07, 6.45) is 1.02. The molecule has 368 valence electrons. The summed E-state index contributed by atoms with van der Waals surface area (Å²) in [6.45, 7) is 52.5. The van der Waals surface area contributed by atoms with Crippen LogP contribution in [0.25, 0.3) is 32.5 Å². The topological polar surface area (TPSA) is 90.2 Å². The van der Waals surface area contributed by atoms with Crippen LogP contribution in [0.4, 0.5) is 5.69 Å². The van der Waals surface area contributed by atoms with Gasteiger partial charge in [-0.05, 0) is 76.1 Å². The van der Waals surface area contributed by atoms with E-state index in [9.17, 15) is 0 Å². The van der Waals surface area contributed by atoms with Gasteiger partial charge in [0.05, 0.1) is 20.9 Å². The van der Waals surface area contributed by atoms with Crippen molar-refractivity contribution in [2.45, 2.75) is 210 Å². The van der Waals surface area contributed by atoms with Crippen LogP contribution in [0.3, 0.4) is 0 Å². The number of aromatic nitrogens is 4. The molecule has 8 rings (SSSR count). The number of benzene rings is 2. The van der Waals surface area contributed by atoms with Gasteiger partial charge in [0.1, 0.15) is 5.76 Å². The molecule has 0 amide bonds. The quantitative estimate of drug-likeness (QED) is 0.150. The zero-order chi connectivity index (χ0) is 51.4. The third-order valence-electron chi connectivity index (χ3n) is 11.9. The van der Waals surface area contributed by atoms with Gasteiger partial charge in [-0.2, -0.15) is 4.98 Å². The van der Waals surface area contributed by atoms with Crippen molar-refractivity contribution in [1.29, 1.82) is 0 Å². The van der Waals surface area contributed by atoms with Crippen molar-refractivity contribution in [3.05, 3.63) is 111 Å². The summed E-state index contributed by atoms with van der Waals surface area (Å²) in [5.74, 6) is 1.73. The van der Waals surface area contributed by atoms with Crippen LogP contribution in [0.1, 0.15) is 211 Å². The molecule has 8 heteroatoms. The molecule has 7 nitrogen and oxygen atoms in total. The number of oxazole rings is 1. The maximum atomic E-state index is 5.86. The van der Waals surface area contributed by atoms with Crippen LogP contribution in [-0.2, 0) is 44.3 Å². The second-order valence-corrected chi connectivity index (χ2v) is 28.0. The van der Waals surface area contributed by atoms with Crippen LogP contribution in [0.5, 0.6) is 0 Å². The Labute approximate surface area is 414 Å². The molecule has 6 heterocycles. The molecule has 2 aromatic carbocycles. The van der Waals surface area contributed by atoms with E-state index in [1.165, 1.54) is 37.8 Å². The summed E-state index contributed by atoms with van der Waals surface area (Å²) < 4.78 is 12.9. The Hall–Kier alpha value is -4.69. The fraction of sp³-hybridized carbons (Fsp3) is 0.550. The normalized spacial score (nSPS) is 13.9.